The molecule has 0 bridgehead atoms. The van der Waals surface area contributed by atoms with Gasteiger partial charge in [0.2, 0.25) is 0 Å². The molecular weight excluding hydrogens is 565 g/mol. The molecule has 3 N–H and O–H groups in total. The minimum atomic E-state index is -1.26. The Hall–Kier alpha value is -1.92. The number of carbonyl (C=O) groups is 3. The molecule has 0 spiro atoms. The Labute approximate surface area is 259 Å². The van der Waals surface area contributed by atoms with Gasteiger partial charge in [-0.1, -0.05) is 12.8 Å². The lowest BCUT2D eigenvalue weighted by atomic mass is 9.66. The molecule has 7 fully saturated rings. The molecule has 11 unspecified atom stereocenters. The first kappa shape index (κ1) is 29.5. The monoisotopic (exact) mass is 613 g/mol. The van der Waals surface area contributed by atoms with E-state index in [1.807, 2.05) is 6.20 Å². The molecule has 0 radical (unpaired) electrons. The Morgan fingerprint density at radius 2 is 1.80 bits per heavy atom. The SMILES string of the molecule is N[C@H]1CCN(C2C(F)CC3C(=O)C(C(=O)NCCN4CCOCC4)=CN4C5CC6C(CC5OC2C34)C(=O)C2CCCCC26)C1. The van der Waals surface area contributed by atoms with E-state index in [9.17, 15) is 14.4 Å². The molecule has 44 heavy (non-hydrogen) atoms. The molecule has 4 saturated carbocycles. The summed E-state index contributed by atoms with van der Waals surface area (Å²) in [6, 6.07) is -0.838. The first-order valence-electron chi connectivity index (χ1n) is 17.3. The number of ketones is 2. The molecule has 242 valence electrons. The van der Waals surface area contributed by atoms with E-state index in [-0.39, 0.29) is 59.7 Å². The number of carbonyl (C=O) groups excluding carboxylic acids is 3. The van der Waals surface area contributed by atoms with Crippen LogP contribution in [0.1, 0.15) is 51.4 Å². The summed E-state index contributed by atoms with van der Waals surface area (Å²) in [6.45, 7) is 5.48. The third kappa shape index (κ3) is 4.87. The standard InChI is InChI=1S/C33H48FN5O5/c34-25-13-23-28-32(29(25)38-7-5-18(35)16-38)44-27-15-22-21(19-3-1-2-4-20(19)30(22)40)14-26(27)39(28)17-24(31(23)41)33(42)36-6-8-37-9-11-43-12-10-37/h17-23,25-29,32H,1-16,35H2,(H,36,42)/t18-,19?,20?,21?,22?,23?,25?,26?,27?,28?,29?,32?/m0/s1. The van der Waals surface area contributed by atoms with Crippen LogP contribution < -0.4 is 11.1 Å². The minimum absolute atomic E-state index is 0.00141. The number of nitrogens with two attached hydrogens (primary N) is 1. The van der Waals surface area contributed by atoms with E-state index >= 15 is 4.39 Å². The molecule has 3 saturated heterocycles. The quantitative estimate of drug-likeness (QED) is 0.436. The fourth-order valence-electron chi connectivity index (χ4n) is 10.7. The maximum Gasteiger partial charge on any atom is 0.256 e. The molecule has 0 aromatic heterocycles. The number of hydrogen-bond acceptors (Lipinski definition) is 9. The molecule has 8 rings (SSSR count). The number of ether oxygens (including phenoxy) is 2. The van der Waals surface area contributed by atoms with Crippen LogP contribution in [0, 0.1) is 29.6 Å². The lowest BCUT2D eigenvalue weighted by Crippen LogP contribution is -2.73. The van der Waals surface area contributed by atoms with Gasteiger partial charge in [0.05, 0.1) is 49.1 Å². The van der Waals surface area contributed by atoms with E-state index in [0.717, 1.165) is 45.2 Å². The van der Waals surface area contributed by atoms with Crippen molar-refractivity contribution in [3.05, 3.63) is 11.8 Å². The molecule has 0 aromatic carbocycles. The van der Waals surface area contributed by atoms with Crippen molar-refractivity contribution in [2.75, 3.05) is 52.5 Å². The predicted octanol–water partition coefficient (Wildman–Crippen LogP) is 0.883. The molecule has 1 amide bonds. The highest BCUT2D eigenvalue weighted by Gasteiger charge is 2.63. The summed E-state index contributed by atoms with van der Waals surface area (Å²) in [5.74, 6) is 0.0378. The molecule has 12 atom stereocenters. The van der Waals surface area contributed by atoms with Crippen molar-refractivity contribution in [2.45, 2.75) is 93.9 Å². The topological polar surface area (TPSA) is 117 Å². The fraction of sp³-hybridized carbons (Fsp3) is 0.848. The van der Waals surface area contributed by atoms with Gasteiger partial charge in [0.1, 0.15) is 12.0 Å². The van der Waals surface area contributed by atoms with Crippen molar-refractivity contribution in [3.63, 3.8) is 0 Å². The molecule has 11 heteroatoms. The van der Waals surface area contributed by atoms with Gasteiger partial charge in [0.25, 0.3) is 5.91 Å². The fourth-order valence-corrected chi connectivity index (χ4v) is 10.7. The highest BCUT2D eigenvalue weighted by molar-refractivity contribution is 6.20. The number of amides is 1. The largest absolute Gasteiger partial charge is 0.379 e. The number of Topliss-reactive ketones (excluding diaryl/α,β-unsaturated/α-hetero) is 2. The second kappa shape index (κ2) is 11.7. The molecule has 10 nitrogen and oxygen atoms in total. The van der Waals surface area contributed by atoms with Crippen LogP contribution in [0.25, 0.3) is 0 Å². The Kier molecular flexibility index (Phi) is 7.84. The number of halogens is 1. The zero-order valence-electron chi connectivity index (χ0n) is 25.7. The van der Waals surface area contributed by atoms with Gasteiger partial charge in [-0.05, 0) is 50.4 Å². The number of nitrogens with one attached hydrogen (secondary N) is 1. The number of fused-ring (bicyclic) bond motifs is 5. The van der Waals surface area contributed by atoms with E-state index < -0.39 is 24.2 Å². The van der Waals surface area contributed by atoms with Crippen LogP contribution in [0.5, 0.6) is 0 Å². The lowest BCUT2D eigenvalue weighted by Gasteiger charge is -2.61. The van der Waals surface area contributed by atoms with Gasteiger partial charge in [-0.25, -0.2) is 4.39 Å². The Morgan fingerprint density at radius 3 is 2.59 bits per heavy atom. The summed E-state index contributed by atoms with van der Waals surface area (Å²) in [6.07, 6.45) is 6.58. The highest BCUT2D eigenvalue weighted by atomic mass is 19.1. The number of alkyl halides is 1. The molecule has 4 aliphatic heterocycles. The van der Waals surface area contributed by atoms with Crippen LogP contribution in [0.2, 0.25) is 0 Å². The summed E-state index contributed by atoms with van der Waals surface area (Å²) in [5.41, 5.74) is 6.41. The first-order valence-corrected chi connectivity index (χ1v) is 17.3. The van der Waals surface area contributed by atoms with Crippen LogP contribution in [-0.4, -0.2) is 127 Å². The van der Waals surface area contributed by atoms with Crippen LogP contribution in [-0.2, 0) is 23.9 Å². The van der Waals surface area contributed by atoms with Crippen molar-refractivity contribution in [1.82, 2.24) is 20.0 Å². The van der Waals surface area contributed by atoms with Crippen molar-refractivity contribution >= 4 is 17.5 Å². The molecular formula is C33H48FN5O5. The summed E-state index contributed by atoms with van der Waals surface area (Å²) in [5, 5.41) is 2.99. The van der Waals surface area contributed by atoms with E-state index in [1.54, 1.807) is 0 Å². The summed E-state index contributed by atoms with van der Waals surface area (Å²) in [7, 11) is 0. The van der Waals surface area contributed by atoms with Crippen LogP contribution in [0.4, 0.5) is 4.39 Å². The molecule has 4 heterocycles. The summed E-state index contributed by atoms with van der Waals surface area (Å²) in [4.78, 5) is 47.9. The van der Waals surface area contributed by atoms with E-state index in [4.69, 9.17) is 15.2 Å². The second-order valence-electron chi connectivity index (χ2n) is 14.9. The Balaban J connectivity index is 1.10. The van der Waals surface area contributed by atoms with Gasteiger partial charge in [0.15, 0.2) is 5.78 Å². The van der Waals surface area contributed by atoms with E-state index in [0.29, 0.717) is 63.4 Å². The predicted molar refractivity (Wildman–Crippen MR) is 159 cm³/mol. The van der Waals surface area contributed by atoms with Crippen molar-refractivity contribution in [2.24, 2.45) is 35.3 Å². The number of rotatable bonds is 5. The molecule has 0 aromatic rings. The van der Waals surface area contributed by atoms with Crippen LogP contribution in [0.3, 0.4) is 0 Å². The van der Waals surface area contributed by atoms with Crippen molar-refractivity contribution < 1.29 is 28.2 Å². The summed E-state index contributed by atoms with van der Waals surface area (Å²) >= 11 is 0. The van der Waals surface area contributed by atoms with Crippen molar-refractivity contribution in [1.29, 1.82) is 0 Å². The third-order valence-electron chi connectivity index (χ3n) is 12.7. The number of hydrogen-bond donors (Lipinski definition) is 2. The maximum atomic E-state index is 16.3. The Morgan fingerprint density at radius 1 is 0.977 bits per heavy atom. The Bertz CT molecular complexity index is 1200. The summed E-state index contributed by atoms with van der Waals surface area (Å²) < 4.78 is 28.6. The molecule has 4 aliphatic carbocycles. The normalized spacial score (nSPS) is 45.7. The lowest BCUT2D eigenvalue weighted by molar-refractivity contribution is -0.217. The van der Waals surface area contributed by atoms with Gasteiger partial charge < -0.3 is 25.4 Å². The smallest absolute Gasteiger partial charge is 0.256 e. The number of likely N-dealkylation sites (tertiary alicyclic amines) is 1. The first-order chi connectivity index (χ1) is 21.4. The van der Waals surface area contributed by atoms with Gasteiger partial charge >= 0.3 is 0 Å². The van der Waals surface area contributed by atoms with Gasteiger partial charge in [-0.3, -0.25) is 24.2 Å². The maximum absolute atomic E-state index is 16.3. The number of nitrogens with zero attached hydrogens (tertiary/aromatic N) is 3. The van der Waals surface area contributed by atoms with Gasteiger partial charge in [0, 0.05) is 69.3 Å². The van der Waals surface area contributed by atoms with Crippen LogP contribution >= 0.6 is 0 Å². The minimum Gasteiger partial charge on any atom is -0.379 e. The van der Waals surface area contributed by atoms with Gasteiger partial charge in [-0.2, -0.15) is 0 Å². The average Bonchev–Trinajstić information content (AvgIpc) is 3.58. The van der Waals surface area contributed by atoms with Crippen molar-refractivity contribution in [3.8, 4) is 0 Å². The zero-order chi connectivity index (χ0) is 30.1. The van der Waals surface area contributed by atoms with E-state index in [1.165, 1.54) is 6.42 Å². The second-order valence-corrected chi connectivity index (χ2v) is 14.9. The third-order valence-corrected chi connectivity index (χ3v) is 12.7. The molecule has 8 aliphatic rings. The number of morpholine rings is 2. The van der Waals surface area contributed by atoms with E-state index in [2.05, 4.69) is 20.0 Å². The zero-order valence-corrected chi connectivity index (χ0v) is 25.7. The highest BCUT2D eigenvalue weighted by Crippen LogP contribution is 2.56. The van der Waals surface area contributed by atoms with Crippen LogP contribution in [0.15, 0.2) is 11.8 Å². The average molecular weight is 614 g/mol. The van der Waals surface area contributed by atoms with Gasteiger partial charge in [-0.15, -0.1) is 0 Å².